The molecule has 2 aromatic rings. The van der Waals surface area contributed by atoms with Gasteiger partial charge in [-0.25, -0.2) is 0 Å². The van der Waals surface area contributed by atoms with E-state index in [0.717, 1.165) is 25.3 Å². The maximum Gasteiger partial charge on any atom is 0.119 e. The predicted octanol–water partition coefficient (Wildman–Crippen LogP) is 5.37. The first kappa shape index (κ1) is 16.7. The summed E-state index contributed by atoms with van der Waals surface area (Å²) in [6.45, 7) is 4.10. The highest BCUT2D eigenvalue weighted by Crippen LogP contribution is 2.47. The molecule has 1 aliphatic heterocycles. The maximum atomic E-state index is 5.81. The monoisotopic (exact) mass is 335 g/mol. The predicted molar refractivity (Wildman–Crippen MR) is 103 cm³/mol. The lowest BCUT2D eigenvalue weighted by Crippen LogP contribution is -2.44. The molecule has 2 aromatic carbocycles. The molecule has 0 saturated heterocycles. The van der Waals surface area contributed by atoms with Gasteiger partial charge in [-0.3, -0.25) is 0 Å². The number of benzene rings is 2. The van der Waals surface area contributed by atoms with Crippen molar-refractivity contribution in [2.45, 2.75) is 56.9 Å². The van der Waals surface area contributed by atoms with Gasteiger partial charge in [-0.05, 0) is 48.1 Å². The first-order chi connectivity index (χ1) is 12.3. The molecule has 1 fully saturated rings. The molecule has 0 unspecified atom stereocenters. The minimum Gasteiger partial charge on any atom is -0.494 e. The molecular weight excluding hydrogens is 306 g/mol. The Kier molecular flexibility index (Phi) is 4.80. The van der Waals surface area contributed by atoms with Crippen LogP contribution in [-0.4, -0.2) is 13.2 Å². The van der Waals surface area contributed by atoms with Gasteiger partial charge in [-0.1, -0.05) is 62.6 Å². The van der Waals surface area contributed by atoms with Crippen LogP contribution in [0.1, 0.15) is 68.2 Å². The molecule has 2 nitrogen and oxygen atoms in total. The molecule has 1 saturated carbocycles. The third-order valence-electron chi connectivity index (χ3n) is 6.03. The zero-order chi connectivity index (χ0) is 17.1. The van der Waals surface area contributed by atoms with E-state index in [0.29, 0.717) is 11.5 Å². The SMILES string of the molecule is CCCCOc1ccc([C@@H]2NCC3(CCCC3)c3ccccc32)cc1. The van der Waals surface area contributed by atoms with E-state index in [4.69, 9.17) is 4.74 Å². The number of hydrogen-bond acceptors (Lipinski definition) is 2. The van der Waals surface area contributed by atoms with Crippen LogP contribution in [-0.2, 0) is 5.41 Å². The minimum atomic E-state index is 0.298. The molecule has 2 heteroatoms. The highest BCUT2D eigenvalue weighted by molar-refractivity contribution is 5.45. The van der Waals surface area contributed by atoms with Crippen molar-refractivity contribution in [2.24, 2.45) is 0 Å². The second-order valence-corrected chi connectivity index (χ2v) is 7.66. The Bertz CT molecular complexity index is 700. The highest BCUT2D eigenvalue weighted by Gasteiger charge is 2.41. The summed E-state index contributed by atoms with van der Waals surface area (Å²) in [7, 11) is 0. The largest absolute Gasteiger partial charge is 0.494 e. The van der Waals surface area contributed by atoms with Gasteiger partial charge in [-0.2, -0.15) is 0 Å². The molecule has 0 amide bonds. The summed E-state index contributed by atoms with van der Waals surface area (Å²) in [6.07, 6.45) is 7.67. The molecule has 4 rings (SSSR count). The van der Waals surface area contributed by atoms with Crippen LogP contribution in [0.3, 0.4) is 0 Å². The van der Waals surface area contributed by atoms with Crippen molar-refractivity contribution in [3.63, 3.8) is 0 Å². The van der Waals surface area contributed by atoms with Crippen LogP contribution in [0, 0.1) is 0 Å². The second kappa shape index (κ2) is 7.21. The number of rotatable bonds is 5. The Balaban J connectivity index is 1.58. The van der Waals surface area contributed by atoms with E-state index in [1.807, 2.05) is 0 Å². The first-order valence-corrected chi connectivity index (χ1v) is 9.88. The number of nitrogens with one attached hydrogen (secondary N) is 1. The van der Waals surface area contributed by atoms with Crippen LogP contribution in [0.25, 0.3) is 0 Å². The van der Waals surface area contributed by atoms with Crippen LogP contribution in [0.4, 0.5) is 0 Å². The van der Waals surface area contributed by atoms with Crippen LogP contribution < -0.4 is 10.1 Å². The van der Waals surface area contributed by atoms with Gasteiger partial charge < -0.3 is 10.1 Å². The minimum absolute atomic E-state index is 0.298. The zero-order valence-electron chi connectivity index (χ0n) is 15.3. The fourth-order valence-electron chi connectivity index (χ4n) is 4.62. The van der Waals surface area contributed by atoms with Gasteiger partial charge in [0.2, 0.25) is 0 Å². The van der Waals surface area contributed by atoms with E-state index in [1.54, 1.807) is 5.56 Å². The molecule has 132 valence electrons. The van der Waals surface area contributed by atoms with Crippen molar-refractivity contribution in [3.8, 4) is 5.75 Å². The third-order valence-corrected chi connectivity index (χ3v) is 6.03. The van der Waals surface area contributed by atoms with Gasteiger partial charge in [0, 0.05) is 12.0 Å². The van der Waals surface area contributed by atoms with E-state index in [2.05, 4.69) is 60.8 Å². The van der Waals surface area contributed by atoms with Gasteiger partial charge in [0.25, 0.3) is 0 Å². The lowest BCUT2D eigenvalue weighted by molar-refractivity contribution is 0.309. The van der Waals surface area contributed by atoms with Gasteiger partial charge in [0.05, 0.1) is 12.6 Å². The summed E-state index contributed by atoms with van der Waals surface area (Å²) in [5.41, 5.74) is 4.76. The molecule has 0 radical (unpaired) electrons. The van der Waals surface area contributed by atoms with E-state index in [-0.39, 0.29) is 0 Å². The maximum absolute atomic E-state index is 5.81. The fourth-order valence-corrected chi connectivity index (χ4v) is 4.62. The van der Waals surface area contributed by atoms with E-state index in [1.165, 1.54) is 43.2 Å². The molecule has 0 aromatic heterocycles. The number of unbranched alkanes of at least 4 members (excludes halogenated alkanes) is 1. The summed E-state index contributed by atoms with van der Waals surface area (Å²) in [5, 5.41) is 3.86. The van der Waals surface area contributed by atoms with Crippen LogP contribution >= 0.6 is 0 Å². The van der Waals surface area contributed by atoms with Gasteiger partial charge >= 0.3 is 0 Å². The molecule has 1 spiro atoms. The quantitative estimate of drug-likeness (QED) is 0.742. The second-order valence-electron chi connectivity index (χ2n) is 7.66. The van der Waals surface area contributed by atoms with Gasteiger partial charge in [-0.15, -0.1) is 0 Å². The Morgan fingerprint density at radius 3 is 2.56 bits per heavy atom. The third kappa shape index (κ3) is 3.20. The van der Waals surface area contributed by atoms with E-state index >= 15 is 0 Å². The highest BCUT2D eigenvalue weighted by atomic mass is 16.5. The van der Waals surface area contributed by atoms with Crippen LogP contribution in [0.15, 0.2) is 48.5 Å². The Labute approximate surface area is 151 Å². The van der Waals surface area contributed by atoms with Crippen molar-refractivity contribution in [3.05, 3.63) is 65.2 Å². The van der Waals surface area contributed by atoms with Crippen molar-refractivity contribution in [1.82, 2.24) is 5.32 Å². The molecule has 0 bridgehead atoms. The normalized spacial score (nSPS) is 21.2. The molecule has 1 N–H and O–H groups in total. The number of fused-ring (bicyclic) bond motifs is 2. The summed E-state index contributed by atoms with van der Waals surface area (Å²) in [4.78, 5) is 0. The molecule has 2 aliphatic rings. The lowest BCUT2D eigenvalue weighted by Gasteiger charge is -2.40. The molecule has 25 heavy (non-hydrogen) atoms. The molecule has 1 aliphatic carbocycles. The molecule has 1 atom stereocenters. The fraction of sp³-hybridized carbons (Fsp3) is 0.478. The van der Waals surface area contributed by atoms with Gasteiger partial charge in [0.15, 0.2) is 0 Å². The van der Waals surface area contributed by atoms with Crippen molar-refractivity contribution >= 4 is 0 Å². The van der Waals surface area contributed by atoms with Gasteiger partial charge in [0.1, 0.15) is 5.75 Å². The Hall–Kier alpha value is -1.80. The first-order valence-electron chi connectivity index (χ1n) is 9.88. The smallest absolute Gasteiger partial charge is 0.119 e. The van der Waals surface area contributed by atoms with E-state index in [9.17, 15) is 0 Å². The molecular formula is C23H29NO. The summed E-state index contributed by atoms with van der Waals surface area (Å²) in [5.74, 6) is 0.980. The molecule has 1 heterocycles. The number of ether oxygens (including phenoxy) is 1. The topological polar surface area (TPSA) is 21.3 Å². The van der Waals surface area contributed by atoms with Crippen molar-refractivity contribution in [2.75, 3.05) is 13.2 Å². The summed E-state index contributed by atoms with van der Waals surface area (Å²) >= 11 is 0. The van der Waals surface area contributed by atoms with Crippen molar-refractivity contribution < 1.29 is 4.74 Å². The standard InChI is InChI=1S/C23H29NO/c1-2-3-16-25-19-12-10-18(11-13-19)22-20-8-4-5-9-21(20)23(17-24-22)14-6-7-15-23/h4-5,8-13,22,24H,2-3,6-7,14-17H2,1H3/t22-/m0/s1. The van der Waals surface area contributed by atoms with Crippen molar-refractivity contribution in [1.29, 1.82) is 0 Å². The van der Waals surface area contributed by atoms with Crippen LogP contribution in [0.5, 0.6) is 5.75 Å². The van der Waals surface area contributed by atoms with E-state index < -0.39 is 0 Å². The summed E-state index contributed by atoms with van der Waals surface area (Å²) in [6, 6.07) is 18.1. The lowest BCUT2D eigenvalue weighted by atomic mass is 9.72. The average molecular weight is 335 g/mol. The Morgan fingerprint density at radius 2 is 1.80 bits per heavy atom. The Morgan fingerprint density at radius 1 is 1.04 bits per heavy atom. The summed E-state index contributed by atoms with van der Waals surface area (Å²) < 4.78 is 5.81. The van der Waals surface area contributed by atoms with Crippen LogP contribution in [0.2, 0.25) is 0 Å². The zero-order valence-corrected chi connectivity index (χ0v) is 15.3. The average Bonchev–Trinajstić information content (AvgIpc) is 3.13. The number of hydrogen-bond donors (Lipinski definition) is 1.